The van der Waals surface area contributed by atoms with E-state index in [4.69, 9.17) is 0 Å². The topological polar surface area (TPSA) is 12.0 Å². The first-order valence-corrected chi connectivity index (χ1v) is 7.17. The molecular weight excluding hydrogens is 182 g/mol. The van der Waals surface area contributed by atoms with Gasteiger partial charge in [-0.25, -0.2) is 0 Å². The van der Waals surface area contributed by atoms with E-state index in [0.717, 1.165) is 6.04 Å². The van der Waals surface area contributed by atoms with Crippen LogP contribution in [0.5, 0.6) is 0 Å². The standard InChI is InChI=1S/C14H29N/c1-2-3-4-5-6-7-8-9-10-13-15-14-11-12-14/h14-15H,2-13H2,1H3. The van der Waals surface area contributed by atoms with Crippen molar-refractivity contribution in [1.29, 1.82) is 0 Å². The fourth-order valence-electron chi connectivity index (χ4n) is 2.03. The maximum absolute atomic E-state index is 3.58. The fraction of sp³-hybridized carbons (Fsp3) is 1.00. The summed E-state index contributed by atoms with van der Waals surface area (Å²) in [5.41, 5.74) is 0. The summed E-state index contributed by atoms with van der Waals surface area (Å²) >= 11 is 0. The van der Waals surface area contributed by atoms with Gasteiger partial charge in [0.05, 0.1) is 0 Å². The predicted molar refractivity (Wildman–Crippen MR) is 68.3 cm³/mol. The van der Waals surface area contributed by atoms with E-state index in [1.807, 2.05) is 0 Å². The summed E-state index contributed by atoms with van der Waals surface area (Å²) in [4.78, 5) is 0. The molecule has 1 rings (SSSR count). The second-order valence-electron chi connectivity index (χ2n) is 5.06. The van der Waals surface area contributed by atoms with Crippen LogP contribution in [0.25, 0.3) is 0 Å². The van der Waals surface area contributed by atoms with Crippen molar-refractivity contribution in [2.75, 3.05) is 6.54 Å². The van der Waals surface area contributed by atoms with E-state index in [-0.39, 0.29) is 0 Å². The van der Waals surface area contributed by atoms with Crippen molar-refractivity contribution >= 4 is 0 Å². The normalized spacial score (nSPS) is 15.8. The molecule has 0 spiro atoms. The summed E-state index contributed by atoms with van der Waals surface area (Å²) in [6.45, 7) is 3.55. The summed E-state index contributed by atoms with van der Waals surface area (Å²) in [6, 6.07) is 0.902. The molecule has 0 aromatic carbocycles. The Balaban J connectivity index is 1.62. The van der Waals surface area contributed by atoms with Crippen molar-refractivity contribution in [3.05, 3.63) is 0 Å². The average molecular weight is 211 g/mol. The van der Waals surface area contributed by atoms with Gasteiger partial charge in [-0.05, 0) is 25.8 Å². The second kappa shape index (κ2) is 9.21. The van der Waals surface area contributed by atoms with E-state index in [9.17, 15) is 0 Å². The van der Waals surface area contributed by atoms with E-state index in [1.54, 1.807) is 0 Å². The zero-order chi connectivity index (χ0) is 10.8. The second-order valence-corrected chi connectivity index (χ2v) is 5.06. The van der Waals surface area contributed by atoms with Crippen LogP contribution in [0.15, 0.2) is 0 Å². The highest BCUT2D eigenvalue weighted by molar-refractivity contribution is 4.80. The quantitative estimate of drug-likeness (QED) is 0.503. The maximum atomic E-state index is 3.58. The first-order valence-electron chi connectivity index (χ1n) is 7.17. The van der Waals surface area contributed by atoms with Gasteiger partial charge in [-0.1, -0.05) is 58.3 Å². The van der Waals surface area contributed by atoms with Crippen LogP contribution in [0.4, 0.5) is 0 Å². The first-order chi connectivity index (χ1) is 7.43. The van der Waals surface area contributed by atoms with Crippen LogP contribution in [0.3, 0.4) is 0 Å². The lowest BCUT2D eigenvalue weighted by molar-refractivity contribution is 0.548. The SMILES string of the molecule is CCCCCCCCCCCNC1CC1. The van der Waals surface area contributed by atoms with Gasteiger partial charge in [-0.2, -0.15) is 0 Å². The van der Waals surface area contributed by atoms with Crippen molar-refractivity contribution < 1.29 is 0 Å². The molecule has 0 saturated heterocycles. The third kappa shape index (κ3) is 8.92. The zero-order valence-electron chi connectivity index (χ0n) is 10.6. The van der Waals surface area contributed by atoms with E-state index < -0.39 is 0 Å². The zero-order valence-corrected chi connectivity index (χ0v) is 10.6. The Bertz CT molecular complexity index is 129. The largest absolute Gasteiger partial charge is 0.314 e. The molecule has 0 atom stereocenters. The molecular formula is C14H29N. The molecule has 0 aliphatic heterocycles. The summed E-state index contributed by atoms with van der Waals surface area (Å²) in [7, 11) is 0. The van der Waals surface area contributed by atoms with E-state index in [1.165, 1.54) is 77.2 Å². The molecule has 90 valence electrons. The molecule has 1 nitrogen and oxygen atoms in total. The Morgan fingerprint density at radius 1 is 0.800 bits per heavy atom. The van der Waals surface area contributed by atoms with Crippen LogP contribution in [0, 0.1) is 0 Å². The van der Waals surface area contributed by atoms with Crippen LogP contribution in [-0.2, 0) is 0 Å². The summed E-state index contributed by atoms with van der Waals surface area (Å²) in [6.07, 6.45) is 15.8. The molecule has 1 N–H and O–H groups in total. The summed E-state index contributed by atoms with van der Waals surface area (Å²) in [5, 5.41) is 3.58. The number of rotatable bonds is 11. The molecule has 1 aliphatic carbocycles. The highest BCUT2D eigenvalue weighted by atomic mass is 14.9. The van der Waals surface area contributed by atoms with Crippen molar-refractivity contribution in [2.24, 2.45) is 0 Å². The van der Waals surface area contributed by atoms with Gasteiger partial charge in [0.25, 0.3) is 0 Å². The monoisotopic (exact) mass is 211 g/mol. The smallest absolute Gasteiger partial charge is 0.00682 e. The van der Waals surface area contributed by atoms with Gasteiger partial charge in [0, 0.05) is 6.04 Å². The predicted octanol–water partition coefficient (Wildman–Crippen LogP) is 4.27. The van der Waals surface area contributed by atoms with E-state index >= 15 is 0 Å². The Labute approximate surface area is 96.0 Å². The molecule has 0 amide bonds. The average Bonchev–Trinajstić information content (AvgIpc) is 3.05. The van der Waals surface area contributed by atoms with E-state index in [0.29, 0.717) is 0 Å². The number of unbranched alkanes of at least 4 members (excludes halogenated alkanes) is 8. The van der Waals surface area contributed by atoms with Crippen LogP contribution in [-0.4, -0.2) is 12.6 Å². The third-order valence-electron chi connectivity index (χ3n) is 3.29. The minimum absolute atomic E-state index is 0.902. The molecule has 1 saturated carbocycles. The van der Waals surface area contributed by atoms with Gasteiger partial charge >= 0.3 is 0 Å². The summed E-state index contributed by atoms with van der Waals surface area (Å²) < 4.78 is 0. The van der Waals surface area contributed by atoms with Crippen LogP contribution in [0.2, 0.25) is 0 Å². The highest BCUT2D eigenvalue weighted by Crippen LogP contribution is 2.18. The minimum atomic E-state index is 0.902. The van der Waals surface area contributed by atoms with Crippen molar-refractivity contribution in [3.8, 4) is 0 Å². The van der Waals surface area contributed by atoms with Crippen molar-refractivity contribution in [2.45, 2.75) is 83.6 Å². The molecule has 0 radical (unpaired) electrons. The van der Waals surface area contributed by atoms with Gasteiger partial charge in [-0.3, -0.25) is 0 Å². The number of hydrogen-bond acceptors (Lipinski definition) is 1. The molecule has 1 fully saturated rings. The third-order valence-corrected chi connectivity index (χ3v) is 3.29. The molecule has 0 heterocycles. The van der Waals surface area contributed by atoms with Gasteiger partial charge in [0.2, 0.25) is 0 Å². The van der Waals surface area contributed by atoms with Gasteiger partial charge in [-0.15, -0.1) is 0 Å². The Kier molecular flexibility index (Phi) is 7.99. The highest BCUT2D eigenvalue weighted by Gasteiger charge is 2.19. The lowest BCUT2D eigenvalue weighted by Gasteiger charge is -2.03. The van der Waals surface area contributed by atoms with Crippen LogP contribution >= 0.6 is 0 Å². The van der Waals surface area contributed by atoms with Gasteiger partial charge in [0.15, 0.2) is 0 Å². The molecule has 1 aliphatic rings. The number of hydrogen-bond donors (Lipinski definition) is 1. The van der Waals surface area contributed by atoms with Crippen LogP contribution in [0.1, 0.15) is 77.6 Å². The summed E-state index contributed by atoms with van der Waals surface area (Å²) in [5.74, 6) is 0. The van der Waals surface area contributed by atoms with Gasteiger partial charge in [0.1, 0.15) is 0 Å². The van der Waals surface area contributed by atoms with Crippen molar-refractivity contribution in [1.82, 2.24) is 5.32 Å². The lowest BCUT2D eigenvalue weighted by Crippen LogP contribution is -2.17. The molecule has 15 heavy (non-hydrogen) atoms. The number of nitrogens with one attached hydrogen (secondary N) is 1. The Hall–Kier alpha value is -0.0400. The van der Waals surface area contributed by atoms with Crippen molar-refractivity contribution in [3.63, 3.8) is 0 Å². The molecule has 1 heteroatoms. The molecule has 0 unspecified atom stereocenters. The lowest BCUT2D eigenvalue weighted by atomic mass is 10.1. The molecule has 0 aromatic heterocycles. The van der Waals surface area contributed by atoms with Crippen LogP contribution < -0.4 is 5.32 Å². The Morgan fingerprint density at radius 2 is 1.33 bits per heavy atom. The maximum Gasteiger partial charge on any atom is 0.00682 e. The molecule has 0 aromatic rings. The Morgan fingerprint density at radius 3 is 1.87 bits per heavy atom. The molecule has 0 bridgehead atoms. The van der Waals surface area contributed by atoms with Gasteiger partial charge < -0.3 is 5.32 Å². The first kappa shape index (κ1) is 13.0. The minimum Gasteiger partial charge on any atom is -0.314 e. The van der Waals surface area contributed by atoms with E-state index in [2.05, 4.69) is 12.2 Å². The fourth-order valence-corrected chi connectivity index (χ4v) is 2.03.